The Kier molecular flexibility index (Phi) is 21.1. The minimum absolute atomic E-state index is 0. The van der Waals surface area contributed by atoms with Crippen LogP contribution < -0.4 is 4.90 Å². The predicted molar refractivity (Wildman–Crippen MR) is 246 cm³/mol. The van der Waals surface area contributed by atoms with Crippen molar-refractivity contribution in [1.82, 2.24) is 4.90 Å². The fourth-order valence-corrected chi connectivity index (χ4v) is 10.4. The number of nitrogens with zero attached hydrogens (tertiary/aromatic N) is 2. The summed E-state index contributed by atoms with van der Waals surface area (Å²) < 4.78 is 6.09. The molecule has 6 rings (SSSR count). The Morgan fingerprint density at radius 2 is 1.54 bits per heavy atom. The number of hydrogen-bond acceptors (Lipinski definition) is 4. The van der Waals surface area contributed by atoms with Crippen molar-refractivity contribution in [2.45, 2.75) is 144 Å². The summed E-state index contributed by atoms with van der Waals surface area (Å²) in [5, 5.41) is 10.0. The molecule has 320 valence electrons. The number of para-hydroxylation sites is 1. The van der Waals surface area contributed by atoms with E-state index in [0.717, 1.165) is 69.2 Å². The second-order valence-electron chi connectivity index (χ2n) is 18.9. The highest BCUT2D eigenvalue weighted by atomic mass is 35.5. The predicted octanol–water partition coefficient (Wildman–Crippen LogP) is 12.0. The van der Waals surface area contributed by atoms with E-state index in [0.29, 0.717) is 17.4 Å². The van der Waals surface area contributed by atoms with Crippen molar-refractivity contribution < 1.29 is 15.3 Å². The number of hydrogen-bond donors (Lipinski definition) is 1. The largest absolute Gasteiger partial charge is 0.412 e. The van der Waals surface area contributed by atoms with E-state index in [2.05, 4.69) is 131 Å². The second kappa shape index (κ2) is 24.6. The normalized spacial score (nSPS) is 26.1. The Balaban J connectivity index is 0.000000295. The highest BCUT2D eigenvalue weighted by Crippen LogP contribution is 2.60. The first-order valence-electron chi connectivity index (χ1n) is 22.4. The number of ether oxygens (including phenoxy) is 1. The van der Waals surface area contributed by atoms with Gasteiger partial charge in [0.05, 0.1) is 18.8 Å². The number of fused-ring (bicyclic) bond motifs is 1. The Hall–Kier alpha value is -2.41. The average molecular weight is 806 g/mol. The SMILES string of the molecule is C=C1CC[C@H](O)C/C1=C/C=C1\CCC[C@]2(C)[C@@H]([C@H](C)CCCC(C)C)CC[C@@H]12.CC(C)COCC(CN(Cc1ccccc1)c1ccccc1)N1CCCC1.Cl.O. The molecule has 1 saturated heterocycles. The van der Waals surface area contributed by atoms with Gasteiger partial charge in [0.1, 0.15) is 0 Å². The van der Waals surface area contributed by atoms with Gasteiger partial charge in [-0.3, -0.25) is 4.90 Å². The average Bonchev–Trinajstić information content (AvgIpc) is 3.84. The molecule has 1 unspecified atom stereocenters. The van der Waals surface area contributed by atoms with Crippen LogP contribution in [-0.2, 0) is 11.3 Å². The van der Waals surface area contributed by atoms with Crippen LogP contribution in [0, 0.1) is 35.0 Å². The van der Waals surface area contributed by atoms with E-state index in [1.54, 1.807) is 5.57 Å². The minimum atomic E-state index is -0.172. The molecule has 0 spiro atoms. The van der Waals surface area contributed by atoms with Gasteiger partial charge in [0.25, 0.3) is 0 Å². The molecule has 3 N–H and O–H groups in total. The number of halogens is 1. The molecule has 0 aromatic heterocycles. The van der Waals surface area contributed by atoms with Gasteiger partial charge in [-0.25, -0.2) is 0 Å². The molecular weight excluding hydrogens is 724 g/mol. The third-order valence-electron chi connectivity index (χ3n) is 13.5. The van der Waals surface area contributed by atoms with Gasteiger partial charge >= 0.3 is 0 Å². The van der Waals surface area contributed by atoms with Crippen LogP contribution in [0.1, 0.15) is 131 Å². The maximum atomic E-state index is 10.0. The molecule has 3 aliphatic carbocycles. The third-order valence-corrected chi connectivity index (χ3v) is 13.5. The summed E-state index contributed by atoms with van der Waals surface area (Å²) in [6.45, 7) is 24.5. The van der Waals surface area contributed by atoms with Crippen LogP contribution >= 0.6 is 12.4 Å². The Morgan fingerprint density at radius 1 is 0.860 bits per heavy atom. The lowest BCUT2D eigenvalue weighted by Gasteiger charge is -2.44. The standard InChI is InChI=1S/C27H44O.C24H34N2O.ClH.H2O/c1-19(2)8-6-9-21(4)25-15-16-26-22(10-7-17-27(25,26)5)12-13-23-18-24(28)14-11-20(23)3;1-21(2)19-27-20-24(25-15-9-10-16-25)18-26(23-13-7-4-8-14-23)17-22-11-5-3-6-12-22;;/h12-13,19,21,24-26,28H,3,6-11,14-18H2,1-2,4-5H3;3-8,11-14,21,24H,9-10,15-20H2,1-2H3;1H;1H2/b22-12+,23-13-;;;/t21-,24+,25-,26+,27-;;;/m1.../s1. The van der Waals surface area contributed by atoms with Gasteiger partial charge in [0.15, 0.2) is 0 Å². The molecule has 57 heavy (non-hydrogen) atoms. The third kappa shape index (κ3) is 14.7. The zero-order valence-corrected chi connectivity index (χ0v) is 37.6. The van der Waals surface area contributed by atoms with E-state index in [-0.39, 0.29) is 24.0 Å². The Morgan fingerprint density at radius 3 is 2.21 bits per heavy atom. The lowest BCUT2D eigenvalue weighted by atomic mass is 9.60. The highest BCUT2D eigenvalue weighted by molar-refractivity contribution is 5.85. The van der Waals surface area contributed by atoms with E-state index in [9.17, 15) is 5.11 Å². The zero-order chi connectivity index (χ0) is 39.2. The van der Waals surface area contributed by atoms with Crippen LogP contribution in [-0.4, -0.2) is 60.5 Å². The second-order valence-corrected chi connectivity index (χ2v) is 18.9. The molecule has 0 amide bonds. The maximum absolute atomic E-state index is 10.0. The molecule has 5 nitrogen and oxygen atoms in total. The van der Waals surface area contributed by atoms with Gasteiger partial charge in [0, 0.05) is 25.4 Å². The van der Waals surface area contributed by atoms with Crippen LogP contribution in [0.3, 0.4) is 0 Å². The highest BCUT2D eigenvalue weighted by Gasteiger charge is 2.50. The summed E-state index contributed by atoms with van der Waals surface area (Å²) in [5.74, 6) is 3.95. The first-order valence-corrected chi connectivity index (χ1v) is 22.4. The van der Waals surface area contributed by atoms with Gasteiger partial charge in [-0.15, -0.1) is 12.4 Å². The van der Waals surface area contributed by atoms with Crippen molar-refractivity contribution in [1.29, 1.82) is 0 Å². The van der Waals surface area contributed by atoms with Crippen LogP contribution in [0.2, 0.25) is 0 Å². The van der Waals surface area contributed by atoms with E-state index in [1.165, 1.54) is 99.7 Å². The lowest BCUT2D eigenvalue weighted by Crippen LogP contribution is -2.45. The van der Waals surface area contributed by atoms with E-state index in [4.69, 9.17) is 4.74 Å². The summed E-state index contributed by atoms with van der Waals surface area (Å²) in [7, 11) is 0. The number of allylic oxidation sites excluding steroid dienone is 4. The molecule has 4 aliphatic rings. The molecule has 0 bridgehead atoms. The number of benzene rings is 2. The Bertz CT molecular complexity index is 1490. The summed E-state index contributed by atoms with van der Waals surface area (Å²) in [5.41, 5.74) is 7.35. The van der Waals surface area contributed by atoms with Crippen molar-refractivity contribution in [3.8, 4) is 0 Å². The molecule has 2 aromatic carbocycles. The van der Waals surface area contributed by atoms with Gasteiger partial charge in [0.2, 0.25) is 0 Å². The number of likely N-dealkylation sites (tertiary alicyclic amines) is 1. The van der Waals surface area contributed by atoms with Crippen molar-refractivity contribution in [2.24, 2.45) is 35.0 Å². The zero-order valence-electron chi connectivity index (χ0n) is 36.8. The number of aliphatic hydroxyl groups is 1. The minimum Gasteiger partial charge on any atom is -0.412 e. The molecule has 2 aromatic rings. The number of aliphatic hydroxyl groups excluding tert-OH is 1. The van der Waals surface area contributed by atoms with E-state index < -0.39 is 0 Å². The fourth-order valence-electron chi connectivity index (χ4n) is 10.4. The van der Waals surface area contributed by atoms with Gasteiger partial charge < -0.3 is 20.2 Å². The maximum Gasteiger partial charge on any atom is 0.0639 e. The molecule has 1 aliphatic heterocycles. The van der Waals surface area contributed by atoms with Crippen LogP contribution in [0.5, 0.6) is 0 Å². The lowest BCUT2D eigenvalue weighted by molar-refractivity contribution is 0.0567. The summed E-state index contributed by atoms with van der Waals surface area (Å²) >= 11 is 0. The molecule has 6 atom stereocenters. The van der Waals surface area contributed by atoms with Crippen molar-refractivity contribution in [2.75, 3.05) is 37.7 Å². The number of rotatable bonds is 16. The van der Waals surface area contributed by atoms with Crippen LogP contribution in [0.4, 0.5) is 5.69 Å². The molecule has 3 saturated carbocycles. The molecule has 6 heteroatoms. The van der Waals surface area contributed by atoms with Crippen LogP contribution in [0.15, 0.2) is 96.1 Å². The van der Waals surface area contributed by atoms with Gasteiger partial charge in [-0.1, -0.05) is 139 Å². The van der Waals surface area contributed by atoms with Gasteiger partial charge in [-0.2, -0.15) is 0 Å². The summed E-state index contributed by atoms with van der Waals surface area (Å²) in [4.78, 5) is 5.14. The summed E-state index contributed by atoms with van der Waals surface area (Å²) in [6.07, 6.45) is 20.8. The smallest absolute Gasteiger partial charge is 0.0639 e. The van der Waals surface area contributed by atoms with Crippen molar-refractivity contribution >= 4 is 18.1 Å². The molecular formula is C51H81ClN2O3. The first-order chi connectivity index (χ1) is 26.5. The first kappa shape index (κ1) is 49.0. The van der Waals surface area contributed by atoms with E-state index in [1.807, 2.05) is 0 Å². The monoisotopic (exact) mass is 805 g/mol. The molecule has 0 radical (unpaired) electrons. The van der Waals surface area contributed by atoms with E-state index >= 15 is 0 Å². The quantitative estimate of drug-likeness (QED) is 0.183. The summed E-state index contributed by atoms with van der Waals surface area (Å²) in [6, 6.07) is 22.0. The van der Waals surface area contributed by atoms with Crippen molar-refractivity contribution in [3.63, 3.8) is 0 Å². The number of anilines is 1. The fraction of sp³-hybridized carbons (Fsp3) is 0.647. The molecule has 1 heterocycles. The Labute approximate surface area is 355 Å². The topological polar surface area (TPSA) is 67.4 Å². The van der Waals surface area contributed by atoms with Crippen molar-refractivity contribution in [3.05, 3.63) is 102 Å². The molecule has 4 fully saturated rings. The van der Waals surface area contributed by atoms with Crippen LogP contribution in [0.25, 0.3) is 0 Å². The van der Waals surface area contributed by atoms with Gasteiger partial charge in [-0.05, 0) is 136 Å².